The number of nitrogens with one attached hydrogen (secondary N) is 1. The summed E-state index contributed by atoms with van der Waals surface area (Å²) in [5, 5.41) is 15.0. The molecule has 0 radical (unpaired) electrons. The number of furan rings is 1. The third-order valence-corrected chi connectivity index (χ3v) is 32.0. The Kier molecular flexibility index (Phi) is 16.7. The first kappa shape index (κ1) is 79.2. The highest BCUT2D eigenvalue weighted by Crippen LogP contribution is 2.56. The van der Waals surface area contributed by atoms with Gasteiger partial charge in [-0.1, -0.05) is 334 Å². The monoisotopic (exact) mass is 1830 g/mol. The second-order valence-corrected chi connectivity index (χ2v) is 39.1. The summed E-state index contributed by atoms with van der Waals surface area (Å²) in [7, 11) is 0. The summed E-state index contributed by atoms with van der Waals surface area (Å²) < 4.78 is 16.5. The Bertz CT molecular complexity index is 10400. The lowest BCUT2D eigenvalue weighted by atomic mass is 9.43. The van der Waals surface area contributed by atoms with Crippen LogP contribution in [0.25, 0.3) is 220 Å². The van der Waals surface area contributed by atoms with E-state index in [1.807, 2.05) is 0 Å². The molecule has 1 N–H and O–H groups in total. The molecule has 6 aliphatic heterocycles. The van der Waals surface area contributed by atoms with Crippen molar-refractivity contribution in [2.24, 2.45) is 0 Å². The van der Waals surface area contributed by atoms with Gasteiger partial charge in [-0.3, -0.25) is 0 Å². The molecule has 12 heterocycles. The van der Waals surface area contributed by atoms with Crippen LogP contribution in [0.15, 0.2) is 490 Å². The third kappa shape index (κ3) is 11.0. The van der Waals surface area contributed by atoms with Gasteiger partial charge in [0.05, 0.1) is 55.0 Å². The van der Waals surface area contributed by atoms with Crippen LogP contribution in [-0.4, -0.2) is 43.8 Å². The van der Waals surface area contributed by atoms with Gasteiger partial charge >= 0.3 is 20.5 Å². The zero-order chi connectivity index (χ0) is 93.8. The standard InChI is InChI=1S/C48H30BN3.C42H26BN3.C42H25BN2O/c1-3-15-31(16-4-1)50-41-24-12-10-22-36(41)47-44(50)27-28-45-48(47)38-29-40-37(30-46(38)51(45)32-17-5-2-6-18-32)35-21-9-14-26-43(35)52-42-25-13-8-20-34(42)33-19-7-11-23-39(33)49(40)52;1-2-12-26(13-3-1)45-35-19-9-6-16-29(35)41-38(45)25-24-34-40(41)31-22-23-33-39(42(31)44-34)30-17-7-11-21-37(30)46-36-20-10-5-15-28(36)27-14-4-8-18-32(27)43(33)46;1-2-12-26(13-3-1)44-36-20-10-6-17-30(36)32-25-40-33(24-38(32)44)41-39(46-40)23-22-31-28-15-5-9-19-35(28)43-34-18-8-4-14-27(34)29-16-7-11-21-37(29)45(43)42(31)41/h1-30H;1-25,44H;1-25H. The van der Waals surface area contributed by atoms with Crippen LogP contribution < -0.4 is 47.2 Å². The Morgan fingerprint density at radius 3 is 1.05 bits per heavy atom. The molecular formula is C132H81B3N8O. The highest BCUT2D eigenvalue weighted by atomic mass is 16.3. The van der Waals surface area contributed by atoms with E-state index in [9.17, 15) is 0 Å². The van der Waals surface area contributed by atoms with E-state index in [1.165, 1.54) is 254 Å². The third-order valence-electron chi connectivity index (χ3n) is 32.0. The van der Waals surface area contributed by atoms with Crippen molar-refractivity contribution in [2.75, 3.05) is 14.4 Å². The van der Waals surface area contributed by atoms with E-state index in [0.717, 1.165) is 33.3 Å². The summed E-state index contributed by atoms with van der Waals surface area (Å²) in [6, 6.07) is 178. The molecule has 6 aromatic heterocycles. The van der Waals surface area contributed by atoms with Gasteiger partial charge in [0.25, 0.3) is 0 Å². The Balaban J connectivity index is 0.0000000969. The van der Waals surface area contributed by atoms with Crippen molar-refractivity contribution in [1.82, 2.24) is 23.3 Å². The normalized spacial score (nSPS) is 13.1. The predicted octanol–water partition coefficient (Wildman–Crippen LogP) is 29.7. The number of aromatic amines is 1. The highest BCUT2D eigenvalue weighted by molar-refractivity contribution is 6.94. The summed E-state index contributed by atoms with van der Waals surface area (Å²) in [6.07, 6.45) is 0. The quantitative estimate of drug-likeness (QED) is 0.178. The molecule has 144 heavy (non-hydrogen) atoms. The molecule has 0 saturated heterocycles. The molecule has 0 spiro atoms. The molecule has 0 aliphatic carbocycles. The molecule has 664 valence electrons. The Morgan fingerprint density at radius 2 is 0.542 bits per heavy atom. The van der Waals surface area contributed by atoms with E-state index in [2.05, 4.69) is 523 Å². The molecule has 0 saturated carbocycles. The molecule has 0 atom stereocenters. The number of fused-ring (bicyclic) bond motifs is 55. The minimum Gasteiger partial charge on any atom is -0.456 e. The number of anilines is 6. The Morgan fingerprint density at radius 1 is 0.181 bits per heavy atom. The van der Waals surface area contributed by atoms with Gasteiger partial charge in [0.1, 0.15) is 11.2 Å². The molecule has 12 heteroatoms. The molecule has 0 unspecified atom stereocenters. The van der Waals surface area contributed by atoms with E-state index in [-0.39, 0.29) is 20.5 Å². The number of rotatable bonds is 4. The van der Waals surface area contributed by atoms with Crippen LogP contribution in [0, 0.1) is 0 Å². The van der Waals surface area contributed by atoms with Gasteiger partial charge in [0.2, 0.25) is 0 Å². The number of aromatic nitrogens is 5. The van der Waals surface area contributed by atoms with Crippen molar-refractivity contribution in [1.29, 1.82) is 0 Å². The highest BCUT2D eigenvalue weighted by Gasteiger charge is 2.48. The Labute approximate surface area is 829 Å². The number of para-hydroxylation sites is 12. The minimum absolute atomic E-state index is 0.0281. The van der Waals surface area contributed by atoms with E-state index >= 15 is 0 Å². The van der Waals surface area contributed by atoms with Crippen LogP contribution in [0.4, 0.5) is 34.1 Å². The van der Waals surface area contributed by atoms with Gasteiger partial charge in [-0.15, -0.1) is 0 Å². The van der Waals surface area contributed by atoms with E-state index in [1.54, 1.807) is 0 Å². The zero-order valence-corrected chi connectivity index (χ0v) is 78.0. The summed E-state index contributed by atoms with van der Waals surface area (Å²) >= 11 is 0. The minimum atomic E-state index is 0.0281. The predicted molar refractivity (Wildman–Crippen MR) is 607 cm³/mol. The maximum absolute atomic E-state index is 6.78. The summed E-state index contributed by atoms with van der Waals surface area (Å²) in [5.74, 6) is 0. The van der Waals surface area contributed by atoms with Gasteiger partial charge in [-0.25, -0.2) is 0 Å². The van der Waals surface area contributed by atoms with Gasteiger partial charge in [-0.2, -0.15) is 0 Å². The summed E-state index contributed by atoms with van der Waals surface area (Å²) in [6.45, 7) is 0.150. The number of hydrogen-bond acceptors (Lipinski definition) is 4. The molecule has 28 aromatic rings. The van der Waals surface area contributed by atoms with Gasteiger partial charge in [0.15, 0.2) is 0 Å². The number of H-pyrrole nitrogens is 1. The van der Waals surface area contributed by atoms with Crippen molar-refractivity contribution in [3.8, 4) is 89.5 Å². The summed E-state index contributed by atoms with van der Waals surface area (Å²) in [5.41, 5.74) is 49.4. The number of nitrogens with zero attached hydrogens (tertiary/aromatic N) is 7. The van der Waals surface area contributed by atoms with Crippen molar-refractivity contribution in [2.45, 2.75) is 0 Å². The van der Waals surface area contributed by atoms with Crippen LogP contribution in [0.3, 0.4) is 0 Å². The Hall–Kier alpha value is -18.8. The van der Waals surface area contributed by atoms with Gasteiger partial charge < -0.3 is 42.1 Å². The molecule has 0 fully saturated rings. The maximum atomic E-state index is 6.78. The fourth-order valence-corrected chi connectivity index (χ4v) is 26.3. The number of hydrogen-bond donors (Lipinski definition) is 1. The van der Waals surface area contributed by atoms with Crippen molar-refractivity contribution >= 4 is 218 Å². The van der Waals surface area contributed by atoms with Crippen molar-refractivity contribution < 1.29 is 4.42 Å². The van der Waals surface area contributed by atoms with Crippen LogP contribution in [0.5, 0.6) is 0 Å². The second-order valence-electron chi connectivity index (χ2n) is 39.1. The first-order chi connectivity index (χ1) is 71.6. The van der Waals surface area contributed by atoms with Crippen LogP contribution in [0.1, 0.15) is 0 Å². The molecule has 22 aromatic carbocycles. The molecule has 6 aliphatic rings. The SMILES string of the molecule is c1ccc(-n2c3ccccc3c3c4c(ccc32)[nH]c2c3c(ccc24)B2c4ccccc4-c4ccccc4N2c2ccccc2-3)cc1.c1ccc(-n2c3ccccc3c3c4c5cc6c(cc5n(-c5ccccc5)c4ccc32)-c2ccccc2N2B6c3ccccc3-c3ccccc32)cc1.c1ccc(-n2c3ccccc3c3cc4oc5ccc6c(c5c4cc32)N2B(c3ccccc3-c3ccccc32)c2ccccc2-6)cc1. The maximum Gasteiger partial charge on any atom is 0.329 e. The summed E-state index contributed by atoms with van der Waals surface area (Å²) in [4.78, 5) is 11.7. The van der Waals surface area contributed by atoms with Gasteiger partial charge in [-0.05, 0) is 212 Å². The smallest absolute Gasteiger partial charge is 0.329 e. The lowest BCUT2D eigenvalue weighted by molar-refractivity contribution is 0.669. The van der Waals surface area contributed by atoms with Crippen LogP contribution >= 0.6 is 0 Å². The van der Waals surface area contributed by atoms with Crippen LogP contribution in [0.2, 0.25) is 0 Å². The second kappa shape index (κ2) is 30.4. The molecule has 9 nitrogen and oxygen atoms in total. The average molecular weight is 1830 g/mol. The van der Waals surface area contributed by atoms with Gasteiger partial charge in [0, 0.05) is 161 Å². The molecular weight excluding hydrogens is 1750 g/mol. The first-order valence-corrected chi connectivity index (χ1v) is 50.0. The van der Waals surface area contributed by atoms with E-state index in [0.29, 0.717) is 0 Å². The fourth-order valence-electron chi connectivity index (χ4n) is 26.3. The van der Waals surface area contributed by atoms with Crippen molar-refractivity contribution in [3.63, 3.8) is 0 Å². The fraction of sp³-hybridized carbons (Fsp3) is 0. The lowest BCUT2D eigenvalue weighted by Crippen LogP contribution is -2.59. The molecule has 0 amide bonds. The topological polar surface area (TPSA) is 58.4 Å². The van der Waals surface area contributed by atoms with Crippen molar-refractivity contribution in [3.05, 3.63) is 485 Å². The first-order valence-electron chi connectivity index (χ1n) is 50.0. The molecule has 0 bridgehead atoms. The van der Waals surface area contributed by atoms with E-state index < -0.39 is 0 Å². The molecule has 34 rings (SSSR count). The lowest BCUT2D eigenvalue weighted by Gasteiger charge is -2.43. The zero-order valence-electron chi connectivity index (χ0n) is 78.0. The largest absolute Gasteiger partial charge is 0.456 e. The average Bonchev–Trinajstić information content (AvgIpc) is 1.38. The number of benzene rings is 22. The van der Waals surface area contributed by atoms with E-state index in [4.69, 9.17) is 4.42 Å². The van der Waals surface area contributed by atoms with Crippen LogP contribution in [-0.2, 0) is 0 Å².